The third-order valence-corrected chi connectivity index (χ3v) is 7.12. The van der Waals surface area contributed by atoms with E-state index >= 15 is 0 Å². The summed E-state index contributed by atoms with van der Waals surface area (Å²) >= 11 is 0. The lowest BCUT2D eigenvalue weighted by Crippen LogP contribution is -2.40. The van der Waals surface area contributed by atoms with Gasteiger partial charge in [-0.15, -0.1) is 0 Å². The number of nitrogens with zero attached hydrogens (tertiary/aromatic N) is 3. The van der Waals surface area contributed by atoms with Crippen molar-refractivity contribution in [1.82, 2.24) is 14.4 Å². The van der Waals surface area contributed by atoms with Crippen molar-refractivity contribution in [3.63, 3.8) is 0 Å². The minimum atomic E-state index is -1.54. The highest BCUT2D eigenvalue weighted by atomic mass is 28.3. The van der Waals surface area contributed by atoms with Crippen molar-refractivity contribution in [1.29, 1.82) is 0 Å². The predicted octanol–water partition coefficient (Wildman–Crippen LogP) is 5.04. The number of imidazole rings is 1. The van der Waals surface area contributed by atoms with Gasteiger partial charge in [0, 0.05) is 28.0 Å². The van der Waals surface area contributed by atoms with Crippen molar-refractivity contribution in [2.75, 3.05) is 0 Å². The molecular weight excluding hydrogens is 334 g/mol. The summed E-state index contributed by atoms with van der Waals surface area (Å²) in [5.74, 6) is 0. The van der Waals surface area contributed by atoms with Gasteiger partial charge in [-0.1, -0.05) is 43.9 Å². The summed E-state index contributed by atoms with van der Waals surface area (Å²) in [5.41, 5.74) is 4.53. The van der Waals surface area contributed by atoms with Gasteiger partial charge in [-0.2, -0.15) is 0 Å². The smallest absolute Gasteiger partial charge is 0.146 e. The Hall–Kier alpha value is -2.72. The highest BCUT2D eigenvalue weighted by Gasteiger charge is 2.25. The molecule has 0 amide bonds. The zero-order valence-corrected chi connectivity index (χ0v) is 16.5. The molecule has 0 atom stereocenters. The molecule has 3 heterocycles. The zero-order chi connectivity index (χ0) is 18.1. The van der Waals surface area contributed by atoms with Crippen molar-refractivity contribution in [3.8, 4) is 0 Å². The van der Waals surface area contributed by atoms with E-state index in [4.69, 9.17) is 9.97 Å². The van der Waals surface area contributed by atoms with Crippen molar-refractivity contribution >= 4 is 51.6 Å². The topological polar surface area (TPSA) is 30.2 Å². The Labute approximate surface area is 153 Å². The molecule has 4 heteroatoms. The largest absolute Gasteiger partial charge is 0.296 e. The molecule has 0 aliphatic rings. The molecule has 0 saturated heterocycles. The average molecular weight is 356 g/mol. The fourth-order valence-electron chi connectivity index (χ4n) is 4.09. The third kappa shape index (κ3) is 2.05. The second-order valence-corrected chi connectivity index (χ2v) is 13.0. The van der Waals surface area contributed by atoms with Crippen molar-refractivity contribution < 1.29 is 0 Å². The third-order valence-electron chi connectivity index (χ3n) is 5.23. The Morgan fingerprint density at radius 2 is 1.62 bits per heavy atom. The van der Waals surface area contributed by atoms with Gasteiger partial charge in [-0.25, -0.2) is 4.98 Å². The number of hydrogen-bond acceptors (Lipinski definition) is 2. The van der Waals surface area contributed by atoms with Gasteiger partial charge in [0.15, 0.2) is 0 Å². The van der Waals surface area contributed by atoms with Gasteiger partial charge in [0.2, 0.25) is 0 Å². The van der Waals surface area contributed by atoms with E-state index in [1.165, 1.54) is 32.7 Å². The van der Waals surface area contributed by atoms with Crippen LogP contribution in [0.4, 0.5) is 0 Å². The molecule has 26 heavy (non-hydrogen) atoms. The Morgan fingerprint density at radius 3 is 2.35 bits per heavy atom. The van der Waals surface area contributed by atoms with Gasteiger partial charge >= 0.3 is 0 Å². The average Bonchev–Trinajstić information content (AvgIpc) is 2.99. The van der Waals surface area contributed by atoms with Crippen LogP contribution in [0, 0.1) is 6.92 Å². The minimum Gasteiger partial charge on any atom is -0.296 e. The molecule has 128 valence electrons. The molecule has 0 bridgehead atoms. The van der Waals surface area contributed by atoms with Crippen molar-refractivity contribution in [3.05, 3.63) is 60.4 Å². The van der Waals surface area contributed by atoms with Crippen LogP contribution in [-0.4, -0.2) is 22.4 Å². The molecule has 0 unspecified atom stereocenters. The second-order valence-electron chi connectivity index (χ2n) is 8.07. The fraction of sp³-hybridized carbons (Fsp3) is 0.182. The Bertz CT molecular complexity index is 1330. The van der Waals surface area contributed by atoms with Gasteiger partial charge in [-0.05, 0) is 42.0 Å². The lowest BCUT2D eigenvalue weighted by Gasteiger charge is -2.14. The summed E-state index contributed by atoms with van der Waals surface area (Å²) in [4.78, 5) is 9.85. The van der Waals surface area contributed by atoms with Crippen molar-refractivity contribution in [2.24, 2.45) is 0 Å². The quantitative estimate of drug-likeness (QED) is 0.239. The molecule has 0 fully saturated rings. The highest BCUT2D eigenvalue weighted by molar-refractivity contribution is 6.88. The summed E-state index contributed by atoms with van der Waals surface area (Å²) in [6, 6.07) is 17.2. The monoisotopic (exact) mass is 355 g/mol. The Kier molecular flexibility index (Phi) is 3.07. The molecule has 0 saturated carbocycles. The second kappa shape index (κ2) is 5.14. The molecule has 0 spiro atoms. The SMILES string of the molecule is Cc1c([Si](C)(C)C)nc2c3cccnc3c3cc4ccccc4cc3n12. The lowest BCUT2D eigenvalue weighted by atomic mass is 10.0. The van der Waals surface area contributed by atoms with Gasteiger partial charge in [0.1, 0.15) is 13.7 Å². The van der Waals surface area contributed by atoms with Crippen LogP contribution in [-0.2, 0) is 0 Å². The fourth-order valence-corrected chi connectivity index (χ4v) is 5.73. The summed E-state index contributed by atoms with van der Waals surface area (Å²) < 4.78 is 2.35. The first-order valence-electron chi connectivity index (χ1n) is 9.04. The van der Waals surface area contributed by atoms with Crippen LogP contribution in [0.3, 0.4) is 0 Å². The van der Waals surface area contributed by atoms with E-state index in [2.05, 4.69) is 73.4 Å². The number of hydrogen-bond donors (Lipinski definition) is 0. The maximum Gasteiger partial charge on any atom is 0.146 e. The maximum atomic E-state index is 5.13. The molecule has 5 rings (SSSR count). The van der Waals surface area contributed by atoms with E-state index in [-0.39, 0.29) is 0 Å². The standard InChI is InChI=1S/C22H21N3Si/c1-14-22(26(2,3)4)24-21-17-10-7-11-23-20(17)18-12-15-8-5-6-9-16(15)13-19(18)25(14)21/h5-13H,1-4H3. The van der Waals surface area contributed by atoms with E-state index < -0.39 is 8.07 Å². The van der Waals surface area contributed by atoms with Crippen LogP contribution in [0.1, 0.15) is 5.69 Å². The number of rotatable bonds is 1. The summed E-state index contributed by atoms with van der Waals surface area (Å²) in [5, 5.41) is 6.09. The minimum absolute atomic E-state index is 1.03. The summed E-state index contributed by atoms with van der Waals surface area (Å²) in [7, 11) is -1.54. The molecule has 3 aromatic heterocycles. The number of aromatic nitrogens is 3. The van der Waals surface area contributed by atoms with Crippen molar-refractivity contribution in [2.45, 2.75) is 26.6 Å². The van der Waals surface area contributed by atoms with Crippen LogP contribution in [0.5, 0.6) is 0 Å². The van der Waals surface area contributed by atoms with Gasteiger partial charge < -0.3 is 0 Å². The Balaban J connectivity index is 2.11. The molecule has 0 radical (unpaired) electrons. The summed E-state index contributed by atoms with van der Waals surface area (Å²) in [6.07, 6.45) is 1.88. The first-order valence-corrected chi connectivity index (χ1v) is 12.5. The number of aryl methyl sites for hydroxylation is 1. The molecule has 0 aliphatic heterocycles. The molecular formula is C22H21N3Si. The summed E-state index contributed by atoms with van der Waals surface area (Å²) in [6.45, 7) is 9.30. The normalized spacial score (nSPS) is 12.6. The van der Waals surface area contributed by atoms with E-state index in [0.717, 1.165) is 16.6 Å². The molecule has 5 aromatic rings. The van der Waals surface area contributed by atoms with Crippen LogP contribution >= 0.6 is 0 Å². The maximum absolute atomic E-state index is 5.13. The number of benzene rings is 2. The van der Waals surface area contributed by atoms with Gasteiger partial charge in [0.05, 0.1) is 11.0 Å². The number of pyridine rings is 2. The molecule has 2 aromatic carbocycles. The van der Waals surface area contributed by atoms with Crippen LogP contribution < -0.4 is 5.32 Å². The first kappa shape index (κ1) is 15.5. The van der Waals surface area contributed by atoms with Gasteiger partial charge in [0.25, 0.3) is 0 Å². The zero-order valence-electron chi connectivity index (χ0n) is 15.5. The van der Waals surface area contributed by atoms with E-state index in [1.807, 2.05) is 12.3 Å². The molecule has 0 aliphatic carbocycles. The lowest BCUT2D eigenvalue weighted by molar-refractivity contribution is 1.18. The van der Waals surface area contributed by atoms with E-state index in [0.29, 0.717) is 0 Å². The first-order chi connectivity index (χ1) is 12.4. The number of fused-ring (bicyclic) bond motifs is 7. The predicted molar refractivity (Wildman–Crippen MR) is 113 cm³/mol. The highest BCUT2D eigenvalue weighted by Crippen LogP contribution is 2.31. The molecule has 3 nitrogen and oxygen atoms in total. The van der Waals surface area contributed by atoms with Crippen LogP contribution in [0.2, 0.25) is 19.6 Å². The van der Waals surface area contributed by atoms with E-state index in [9.17, 15) is 0 Å². The molecule has 0 N–H and O–H groups in total. The Morgan fingerprint density at radius 1 is 0.885 bits per heavy atom. The van der Waals surface area contributed by atoms with Crippen LogP contribution in [0.25, 0.3) is 38.2 Å². The van der Waals surface area contributed by atoms with Crippen LogP contribution in [0.15, 0.2) is 54.7 Å². The van der Waals surface area contributed by atoms with E-state index in [1.54, 1.807) is 0 Å². The van der Waals surface area contributed by atoms with Gasteiger partial charge in [-0.3, -0.25) is 9.38 Å².